The molecule has 0 aliphatic heterocycles. The Kier molecular flexibility index (Phi) is 5.08. The van der Waals surface area contributed by atoms with Crippen LogP contribution in [0.4, 0.5) is 0 Å². The first-order valence-corrected chi connectivity index (χ1v) is 7.39. The molecule has 0 aliphatic carbocycles. The van der Waals surface area contributed by atoms with Crippen LogP contribution in [-0.4, -0.2) is 35.1 Å². The molecule has 1 unspecified atom stereocenters. The van der Waals surface area contributed by atoms with Gasteiger partial charge in [-0.2, -0.15) is 0 Å². The smallest absolute Gasteiger partial charge is 0.261 e. The SMILES string of the molecule is CNC(C)CNC(=O)Cn1cnc2ccc(Br)cc2c1=O. The molecule has 1 amide bonds. The standard InChI is InChI=1S/C14H17BrN4O2/c1-9(16-2)6-17-13(20)7-19-8-18-12-4-3-10(15)5-11(12)14(19)21/h3-5,8-9,16H,6-7H2,1-2H3,(H,17,20). The van der Waals surface area contributed by atoms with E-state index in [1.807, 2.05) is 20.0 Å². The van der Waals surface area contributed by atoms with Gasteiger partial charge in [-0.05, 0) is 32.2 Å². The lowest BCUT2D eigenvalue weighted by molar-refractivity contribution is -0.121. The molecular formula is C14H17BrN4O2. The monoisotopic (exact) mass is 352 g/mol. The van der Waals surface area contributed by atoms with Crippen LogP contribution in [0.2, 0.25) is 0 Å². The molecule has 0 spiro atoms. The third-order valence-electron chi connectivity index (χ3n) is 3.20. The first-order chi connectivity index (χ1) is 10.0. The minimum Gasteiger partial charge on any atom is -0.353 e. The van der Waals surface area contributed by atoms with E-state index in [0.717, 1.165) is 4.47 Å². The van der Waals surface area contributed by atoms with Crippen LogP contribution in [-0.2, 0) is 11.3 Å². The fourth-order valence-electron chi connectivity index (χ4n) is 1.82. The van der Waals surface area contributed by atoms with E-state index >= 15 is 0 Å². The summed E-state index contributed by atoms with van der Waals surface area (Å²) in [5.41, 5.74) is 0.391. The number of halogens is 1. The molecule has 2 N–H and O–H groups in total. The predicted octanol–water partition coefficient (Wildman–Crippen LogP) is 0.883. The summed E-state index contributed by atoms with van der Waals surface area (Å²) in [5.74, 6) is -0.213. The van der Waals surface area contributed by atoms with Gasteiger partial charge in [0, 0.05) is 17.1 Å². The van der Waals surface area contributed by atoms with E-state index in [4.69, 9.17) is 0 Å². The highest BCUT2D eigenvalue weighted by Crippen LogP contribution is 2.14. The Bertz CT molecular complexity index is 714. The molecule has 0 bridgehead atoms. The van der Waals surface area contributed by atoms with E-state index in [-0.39, 0.29) is 24.1 Å². The third kappa shape index (κ3) is 3.89. The van der Waals surface area contributed by atoms with Gasteiger partial charge in [-0.15, -0.1) is 0 Å². The lowest BCUT2D eigenvalue weighted by atomic mass is 10.2. The van der Waals surface area contributed by atoms with Crippen molar-refractivity contribution in [2.45, 2.75) is 19.5 Å². The number of amides is 1. The zero-order valence-electron chi connectivity index (χ0n) is 11.9. The number of likely N-dealkylation sites (N-methyl/N-ethyl adjacent to an activating group) is 1. The third-order valence-corrected chi connectivity index (χ3v) is 3.69. The van der Waals surface area contributed by atoms with Crippen LogP contribution in [0.3, 0.4) is 0 Å². The van der Waals surface area contributed by atoms with E-state index in [0.29, 0.717) is 17.4 Å². The molecule has 0 radical (unpaired) electrons. The summed E-state index contributed by atoms with van der Waals surface area (Å²) >= 11 is 3.33. The molecule has 2 aromatic rings. The second-order valence-corrected chi connectivity index (χ2v) is 5.75. The minimum absolute atomic E-state index is 0.0370. The van der Waals surface area contributed by atoms with Gasteiger partial charge >= 0.3 is 0 Å². The Hall–Kier alpha value is -1.73. The minimum atomic E-state index is -0.224. The van der Waals surface area contributed by atoms with Crippen LogP contribution in [0.25, 0.3) is 10.9 Å². The number of nitrogens with one attached hydrogen (secondary N) is 2. The van der Waals surface area contributed by atoms with E-state index in [1.54, 1.807) is 12.1 Å². The lowest BCUT2D eigenvalue weighted by Crippen LogP contribution is -2.39. The van der Waals surface area contributed by atoms with Crippen molar-refractivity contribution in [3.63, 3.8) is 0 Å². The van der Waals surface area contributed by atoms with Gasteiger partial charge in [0.25, 0.3) is 5.56 Å². The van der Waals surface area contributed by atoms with Crippen LogP contribution in [0.15, 0.2) is 33.8 Å². The summed E-state index contributed by atoms with van der Waals surface area (Å²) in [6.07, 6.45) is 1.40. The van der Waals surface area contributed by atoms with Crippen LogP contribution in [0, 0.1) is 0 Å². The highest BCUT2D eigenvalue weighted by molar-refractivity contribution is 9.10. The zero-order chi connectivity index (χ0) is 15.4. The summed E-state index contributed by atoms with van der Waals surface area (Å²) in [7, 11) is 1.83. The van der Waals surface area contributed by atoms with Gasteiger partial charge in [-0.3, -0.25) is 14.2 Å². The fourth-order valence-corrected chi connectivity index (χ4v) is 2.18. The first kappa shape index (κ1) is 15.7. The Labute approximate surface area is 130 Å². The number of benzene rings is 1. The van der Waals surface area contributed by atoms with Crippen molar-refractivity contribution in [1.29, 1.82) is 0 Å². The zero-order valence-corrected chi connectivity index (χ0v) is 13.5. The number of fused-ring (bicyclic) bond motifs is 1. The predicted molar refractivity (Wildman–Crippen MR) is 85.2 cm³/mol. The normalized spacial score (nSPS) is 12.3. The molecule has 0 aliphatic rings. The largest absolute Gasteiger partial charge is 0.353 e. The molecule has 1 heterocycles. The second-order valence-electron chi connectivity index (χ2n) is 4.83. The maximum Gasteiger partial charge on any atom is 0.261 e. The molecule has 2 rings (SSSR count). The van der Waals surface area contributed by atoms with Crippen LogP contribution >= 0.6 is 15.9 Å². The van der Waals surface area contributed by atoms with Gasteiger partial charge in [0.05, 0.1) is 17.2 Å². The topological polar surface area (TPSA) is 76.0 Å². The van der Waals surface area contributed by atoms with Crippen molar-refractivity contribution >= 4 is 32.7 Å². The van der Waals surface area contributed by atoms with Crippen molar-refractivity contribution in [2.75, 3.05) is 13.6 Å². The average molecular weight is 353 g/mol. The number of hydrogen-bond acceptors (Lipinski definition) is 4. The Morgan fingerprint density at radius 1 is 1.48 bits per heavy atom. The van der Waals surface area contributed by atoms with Gasteiger partial charge in [0.2, 0.25) is 5.91 Å². The molecule has 1 atom stereocenters. The van der Waals surface area contributed by atoms with Crippen molar-refractivity contribution < 1.29 is 4.79 Å². The fraction of sp³-hybridized carbons (Fsp3) is 0.357. The van der Waals surface area contributed by atoms with E-state index < -0.39 is 0 Å². The summed E-state index contributed by atoms with van der Waals surface area (Å²) in [6.45, 7) is 2.43. The molecular weight excluding hydrogens is 336 g/mol. The van der Waals surface area contributed by atoms with Crippen molar-refractivity contribution in [1.82, 2.24) is 20.2 Å². The van der Waals surface area contributed by atoms with Gasteiger partial charge in [0.15, 0.2) is 0 Å². The summed E-state index contributed by atoms with van der Waals surface area (Å²) in [5, 5.41) is 6.28. The molecule has 0 fully saturated rings. The van der Waals surface area contributed by atoms with Crippen molar-refractivity contribution in [2.24, 2.45) is 0 Å². The van der Waals surface area contributed by atoms with Gasteiger partial charge in [0.1, 0.15) is 6.54 Å². The van der Waals surface area contributed by atoms with Crippen LogP contribution in [0.1, 0.15) is 6.92 Å². The number of nitrogens with zero attached hydrogens (tertiary/aromatic N) is 2. The number of carbonyl (C=O) groups excluding carboxylic acids is 1. The second kappa shape index (κ2) is 6.82. The quantitative estimate of drug-likeness (QED) is 0.837. The molecule has 112 valence electrons. The lowest BCUT2D eigenvalue weighted by Gasteiger charge is -2.12. The average Bonchev–Trinajstić information content (AvgIpc) is 2.48. The maximum absolute atomic E-state index is 12.3. The summed E-state index contributed by atoms with van der Waals surface area (Å²) in [6, 6.07) is 5.48. The highest BCUT2D eigenvalue weighted by Gasteiger charge is 2.09. The Balaban J connectivity index is 2.17. The van der Waals surface area contributed by atoms with E-state index in [2.05, 4.69) is 31.5 Å². The first-order valence-electron chi connectivity index (χ1n) is 6.60. The number of hydrogen-bond donors (Lipinski definition) is 2. The molecule has 1 aromatic carbocycles. The summed E-state index contributed by atoms with van der Waals surface area (Å²) < 4.78 is 2.12. The number of aromatic nitrogens is 2. The molecule has 0 saturated heterocycles. The maximum atomic E-state index is 12.3. The van der Waals surface area contributed by atoms with Gasteiger partial charge < -0.3 is 10.6 Å². The van der Waals surface area contributed by atoms with Crippen LogP contribution < -0.4 is 16.2 Å². The van der Waals surface area contributed by atoms with E-state index in [9.17, 15) is 9.59 Å². The Morgan fingerprint density at radius 3 is 2.95 bits per heavy atom. The highest BCUT2D eigenvalue weighted by atomic mass is 79.9. The molecule has 21 heavy (non-hydrogen) atoms. The Morgan fingerprint density at radius 2 is 2.24 bits per heavy atom. The molecule has 6 nitrogen and oxygen atoms in total. The van der Waals surface area contributed by atoms with Gasteiger partial charge in [-0.1, -0.05) is 15.9 Å². The summed E-state index contributed by atoms with van der Waals surface area (Å²) in [4.78, 5) is 28.4. The van der Waals surface area contributed by atoms with E-state index in [1.165, 1.54) is 10.9 Å². The number of carbonyl (C=O) groups is 1. The van der Waals surface area contributed by atoms with Crippen molar-refractivity contribution in [3.05, 3.63) is 39.4 Å². The molecule has 0 saturated carbocycles. The molecule has 1 aromatic heterocycles. The molecule has 7 heteroatoms. The van der Waals surface area contributed by atoms with Crippen molar-refractivity contribution in [3.8, 4) is 0 Å². The van der Waals surface area contributed by atoms with Crippen LogP contribution in [0.5, 0.6) is 0 Å². The number of rotatable bonds is 5. The van der Waals surface area contributed by atoms with Gasteiger partial charge in [-0.25, -0.2) is 4.98 Å².